The fourth-order valence-electron chi connectivity index (χ4n) is 3.07. The summed E-state index contributed by atoms with van der Waals surface area (Å²) < 4.78 is 5.21. The van der Waals surface area contributed by atoms with Gasteiger partial charge in [-0.2, -0.15) is 0 Å². The molecule has 1 heterocycles. The van der Waals surface area contributed by atoms with E-state index in [4.69, 9.17) is 10.5 Å². The number of piperidine rings is 1. The average molecular weight is 313 g/mol. The largest absolute Gasteiger partial charge is 0.497 e. The van der Waals surface area contributed by atoms with Crippen LogP contribution in [-0.4, -0.2) is 37.7 Å². The lowest BCUT2D eigenvalue weighted by atomic mass is 9.79. The lowest BCUT2D eigenvalue weighted by molar-refractivity contribution is 0.0915. The van der Waals surface area contributed by atoms with Crippen LogP contribution in [0.4, 0.5) is 0 Å². The first-order chi connectivity index (χ1) is 9.42. The van der Waals surface area contributed by atoms with Crippen LogP contribution in [0.3, 0.4) is 0 Å². The molecule has 0 spiro atoms. The van der Waals surface area contributed by atoms with Crippen molar-refractivity contribution in [3.8, 4) is 5.75 Å². The number of likely N-dealkylation sites (tertiary alicyclic amines) is 1. The first kappa shape index (κ1) is 18.3. The van der Waals surface area contributed by atoms with Gasteiger partial charge in [-0.1, -0.05) is 32.9 Å². The topological polar surface area (TPSA) is 38.5 Å². The highest BCUT2D eigenvalue weighted by molar-refractivity contribution is 5.85. The third-order valence-corrected chi connectivity index (χ3v) is 4.61. The quantitative estimate of drug-likeness (QED) is 0.927. The molecule has 1 aromatic carbocycles. The third kappa shape index (κ3) is 4.60. The molecule has 2 rings (SSSR count). The van der Waals surface area contributed by atoms with Gasteiger partial charge in [-0.3, -0.25) is 0 Å². The number of methoxy groups -OCH3 is 1. The van der Waals surface area contributed by atoms with E-state index in [1.165, 1.54) is 5.56 Å². The number of halogens is 1. The van der Waals surface area contributed by atoms with Crippen LogP contribution < -0.4 is 10.5 Å². The molecule has 1 fully saturated rings. The SMILES string of the molecule is COc1ccc(C(C)CN2CCC(N)C(C)(C)C2)cc1.Cl. The predicted molar refractivity (Wildman–Crippen MR) is 91.5 cm³/mol. The van der Waals surface area contributed by atoms with Gasteiger partial charge in [0.05, 0.1) is 7.11 Å². The molecule has 2 N–H and O–H groups in total. The Bertz CT molecular complexity index is 433. The molecule has 3 nitrogen and oxygen atoms in total. The van der Waals surface area contributed by atoms with Crippen molar-refractivity contribution in [3.05, 3.63) is 29.8 Å². The summed E-state index contributed by atoms with van der Waals surface area (Å²) in [5, 5.41) is 0. The van der Waals surface area contributed by atoms with E-state index in [0.29, 0.717) is 12.0 Å². The summed E-state index contributed by atoms with van der Waals surface area (Å²) in [4.78, 5) is 2.55. The number of rotatable bonds is 4. The normalized spacial score (nSPS) is 23.2. The predicted octanol–water partition coefficient (Wildman–Crippen LogP) is 3.28. The maximum absolute atomic E-state index is 6.21. The smallest absolute Gasteiger partial charge is 0.118 e. The second-order valence-corrected chi connectivity index (χ2v) is 6.79. The van der Waals surface area contributed by atoms with Crippen molar-refractivity contribution in [3.63, 3.8) is 0 Å². The minimum Gasteiger partial charge on any atom is -0.497 e. The van der Waals surface area contributed by atoms with Crippen molar-refractivity contribution in [2.45, 2.75) is 39.2 Å². The number of hydrogen-bond acceptors (Lipinski definition) is 3. The minimum atomic E-state index is 0. The Morgan fingerprint density at radius 1 is 1.33 bits per heavy atom. The second kappa shape index (κ2) is 7.48. The van der Waals surface area contributed by atoms with Gasteiger partial charge in [-0.15, -0.1) is 12.4 Å². The van der Waals surface area contributed by atoms with Crippen molar-refractivity contribution < 1.29 is 4.74 Å². The van der Waals surface area contributed by atoms with Crippen LogP contribution in [0.2, 0.25) is 0 Å². The monoisotopic (exact) mass is 312 g/mol. The molecule has 4 heteroatoms. The maximum Gasteiger partial charge on any atom is 0.118 e. The van der Waals surface area contributed by atoms with Crippen molar-refractivity contribution in [2.75, 3.05) is 26.7 Å². The second-order valence-electron chi connectivity index (χ2n) is 6.79. The first-order valence-corrected chi connectivity index (χ1v) is 7.54. The average Bonchev–Trinajstić information content (AvgIpc) is 2.42. The third-order valence-electron chi connectivity index (χ3n) is 4.61. The fraction of sp³-hybridized carbons (Fsp3) is 0.647. The van der Waals surface area contributed by atoms with Crippen LogP contribution in [0.5, 0.6) is 5.75 Å². The summed E-state index contributed by atoms with van der Waals surface area (Å²) in [5.41, 5.74) is 7.80. The molecule has 0 amide bonds. The summed E-state index contributed by atoms with van der Waals surface area (Å²) in [7, 11) is 1.71. The molecule has 21 heavy (non-hydrogen) atoms. The van der Waals surface area contributed by atoms with Crippen LogP contribution >= 0.6 is 12.4 Å². The zero-order valence-corrected chi connectivity index (χ0v) is 14.5. The number of nitrogens with two attached hydrogens (primary N) is 1. The lowest BCUT2D eigenvalue weighted by Crippen LogP contribution is -2.52. The molecule has 0 aliphatic carbocycles. The fourth-order valence-corrected chi connectivity index (χ4v) is 3.07. The Morgan fingerprint density at radius 3 is 2.48 bits per heavy atom. The van der Waals surface area contributed by atoms with Gasteiger partial charge >= 0.3 is 0 Å². The summed E-state index contributed by atoms with van der Waals surface area (Å²) in [6.07, 6.45) is 1.10. The van der Waals surface area contributed by atoms with Gasteiger partial charge in [0.2, 0.25) is 0 Å². The van der Waals surface area contributed by atoms with E-state index >= 15 is 0 Å². The lowest BCUT2D eigenvalue weighted by Gasteiger charge is -2.43. The Morgan fingerprint density at radius 2 is 1.95 bits per heavy atom. The van der Waals surface area contributed by atoms with Crippen molar-refractivity contribution >= 4 is 12.4 Å². The highest BCUT2D eigenvalue weighted by Gasteiger charge is 2.33. The number of ether oxygens (including phenoxy) is 1. The minimum absolute atomic E-state index is 0. The van der Waals surface area contributed by atoms with Gasteiger partial charge in [0.15, 0.2) is 0 Å². The number of benzene rings is 1. The molecule has 1 aliphatic heterocycles. The van der Waals surface area contributed by atoms with E-state index in [-0.39, 0.29) is 17.8 Å². The molecule has 120 valence electrons. The summed E-state index contributed by atoms with van der Waals surface area (Å²) >= 11 is 0. The van der Waals surface area contributed by atoms with Crippen molar-refractivity contribution in [2.24, 2.45) is 11.1 Å². The summed E-state index contributed by atoms with van der Waals surface area (Å²) in [6.45, 7) is 10.2. The van der Waals surface area contributed by atoms with Crippen molar-refractivity contribution in [1.82, 2.24) is 4.90 Å². The molecule has 0 bridgehead atoms. The Labute approximate surface area is 135 Å². The maximum atomic E-state index is 6.21. The summed E-state index contributed by atoms with van der Waals surface area (Å²) in [5.74, 6) is 1.46. The van der Waals surface area contributed by atoms with Crippen LogP contribution in [0.25, 0.3) is 0 Å². The Hall–Kier alpha value is -0.770. The van der Waals surface area contributed by atoms with E-state index in [1.54, 1.807) is 7.11 Å². The van der Waals surface area contributed by atoms with Gasteiger partial charge in [0.1, 0.15) is 5.75 Å². The van der Waals surface area contributed by atoms with Gasteiger partial charge in [0.25, 0.3) is 0 Å². The number of nitrogens with zero attached hydrogens (tertiary/aromatic N) is 1. The zero-order valence-electron chi connectivity index (χ0n) is 13.6. The van der Waals surface area contributed by atoms with Gasteiger partial charge in [0, 0.05) is 19.1 Å². The van der Waals surface area contributed by atoms with Gasteiger partial charge in [-0.25, -0.2) is 0 Å². The van der Waals surface area contributed by atoms with Crippen LogP contribution in [0.1, 0.15) is 38.7 Å². The highest BCUT2D eigenvalue weighted by Crippen LogP contribution is 2.29. The molecule has 2 atom stereocenters. The first-order valence-electron chi connectivity index (χ1n) is 7.54. The molecule has 1 aliphatic rings. The molecular weight excluding hydrogens is 284 g/mol. The standard InChI is InChI=1S/C17H28N2O.ClH/c1-13(14-5-7-15(20-4)8-6-14)11-19-10-9-16(18)17(2,3)12-19;/h5-8,13,16H,9-12,18H2,1-4H3;1H. The van der Waals surface area contributed by atoms with Crippen LogP contribution in [-0.2, 0) is 0 Å². The van der Waals surface area contributed by atoms with E-state index in [2.05, 4.69) is 37.8 Å². The Kier molecular flexibility index (Phi) is 6.51. The van der Waals surface area contributed by atoms with E-state index in [0.717, 1.165) is 31.8 Å². The molecule has 0 radical (unpaired) electrons. The van der Waals surface area contributed by atoms with Crippen molar-refractivity contribution in [1.29, 1.82) is 0 Å². The van der Waals surface area contributed by atoms with E-state index in [1.807, 2.05) is 12.1 Å². The highest BCUT2D eigenvalue weighted by atomic mass is 35.5. The van der Waals surface area contributed by atoms with E-state index in [9.17, 15) is 0 Å². The van der Waals surface area contributed by atoms with Gasteiger partial charge in [-0.05, 0) is 42.0 Å². The van der Waals surface area contributed by atoms with Crippen LogP contribution in [0.15, 0.2) is 24.3 Å². The molecule has 2 unspecified atom stereocenters. The molecule has 0 aromatic heterocycles. The van der Waals surface area contributed by atoms with Crippen LogP contribution in [0, 0.1) is 5.41 Å². The Balaban J connectivity index is 0.00000220. The zero-order chi connectivity index (χ0) is 14.8. The molecule has 1 saturated heterocycles. The molecule has 1 aromatic rings. The van der Waals surface area contributed by atoms with E-state index < -0.39 is 0 Å². The van der Waals surface area contributed by atoms with Gasteiger partial charge < -0.3 is 15.4 Å². The molecular formula is C17H29ClN2O. The molecule has 0 saturated carbocycles. The number of hydrogen-bond donors (Lipinski definition) is 1. The summed E-state index contributed by atoms with van der Waals surface area (Å²) in [6, 6.07) is 8.76.